The lowest BCUT2D eigenvalue weighted by Crippen LogP contribution is -2.48. The molecule has 1 fully saturated rings. The average Bonchev–Trinajstić information content (AvgIpc) is 2.84. The number of nitriles is 1. The van der Waals surface area contributed by atoms with Crippen molar-refractivity contribution in [2.24, 2.45) is 0 Å². The highest BCUT2D eigenvalue weighted by Gasteiger charge is 2.24. The van der Waals surface area contributed by atoms with Crippen molar-refractivity contribution >= 4 is 22.6 Å². The molecule has 1 aliphatic heterocycles. The lowest BCUT2D eigenvalue weighted by atomic mass is 10.2. The molecule has 0 bridgehead atoms. The highest BCUT2D eigenvalue weighted by Crippen LogP contribution is 2.30. The second-order valence-electron chi connectivity index (χ2n) is 5.91. The van der Waals surface area contributed by atoms with Gasteiger partial charge in [-0.2, -0.15) is 5.26 Å². The summed E-state index contributed by atoms with van der Waals surface area (Å²) in [6.45, 7) is 5.70. The molecule has 1 aromatic carbocycles. The summed E-state index contributed by atoms with van der Waals surface area (Å²) in [5.74, 6) is -0.0300. The number of morpholine rings is 1. The molecular weight excluding hydrogens is 294 g/mol. The van der Waals surface area contributed by atoms with Crippen molar-refractivity contribution in [2.75, 3.05) is 25.0 Å². The molecule has 3 rings (SSSR count). The number of nitrogens with one attached hydrogen (secondary N) is 1. The number of furan rings is 1. The third-order valence-corrected chi connectivity index (χ3v) is 3.82. The van der Waals surface area contributed by atoms with Gasteiger partial charge in [-0.25, -0.2) is 0 Å². The van der Waals surface area contributed by atoms with E-state index in [1.54, 1.807) is 6.07 Å². The molecule has 0 aliphatic carbocycles. The van der Waals surface area contributed by atoms with E-state index < -0.39 is 0 Å². The van der Waals surface area contributed by atoms with Gasteiger partial charge in [-0.3, -0.25) is 9.69 Å². The third-order valence-electron chi connectivity index (χ3n) is 3.82. The van der Waals surface area contributed by atoms with Gasteiger partial charge in [0.05, 0.1) is 18.8 Å². The minimum absolute atomic E-state index is 0.107. The number of fused-ring (bicyclic) bond motifs is 1. The summed E-state index contributed by atoms with van der Waals surface area (Å²) in [5.41, 5.74) is 1.04. The molecule has 0 saturated carbocycles. The van der Waals surface area contributed by atoms with Gasteiger partial charge in [0.15, 0.2) is 0 Å². The molecular formula is C17H19N3O3. The molecule has 1 aliphatic rings. The first-order valence-corrected chi connectivity index (χ1v) is 7.66. The Morgan fingerprint density at radius 3 is 2.74 bits per heavy atom. The highest BCUT2D eigenvalue weighted by molar-refractivity contribution is 6.03. The number of rotatable bonds is 3. The number of carbonyl (C=O) groups excluding carboxylic acids is 1. The minimum Gasteiger partial charge on any atom is -0.443 e. The van der Waals surface area contributed by atoms with Crippen LogP contribution in [0.2, 0.25) is 0 Å². The summed E-state index contributed by atoms with van der Waals surface area (Å²) >= 11 is 0. The monoisotopic (exact) mass is 313 g/mol. The van der Waals surface area contributed by atoms with Crippen LogP contribution < -0.4 is 5.32 Å². The van der Waals surface area contributed by atoms with E-state index >= 15 is 0 Å². The first kappa shape index (κ1) is 15.5. The fraction of sp³-hybridized carbons (Fsp3) is 0.412. The molecule has 0 radical (unpaired) electrons. The van der Waals surface area contributed by atoms with Crippen LogP contribution in [-0.2, 0) is 9.53 Å². The smallest absolute Gasteiger partial charge is 0.238 e. The molecule has 1 aromatic heterocycles. The standard InChI is InChI=1S/C17H19N3O3/c1-11-8-20(9-12(2)22-11)10-16(21)19-17-13-5-3-4-6-14(13)23-15(17)7-18/h3-6,11-12H,8-10H2,1-2H3,(H,19,21)/t11-,12+. The first-order valence-electron chi connectivity index (χ1n) is 7.66. The van der Waals surface area contributed by atoms with Crippen LogP contribution in [0.4, 0.5) is 5.69 Å². The Labute approximate surface area is 134 Å². The van der Waals surface area contributed by atoms with E-state index in [9.17, 15) is 10.1 Å². The molecule has 1 N–H and O–H groups in total. The minimum atomic E-state index is -0.158. The maximum Gasteiger partial charge on any atom is 0.238 e. The van der Waals surface area contributed by atoms with Crippen molar-refractivity contribution in [3.63, 3.8) is 0 Å². The summed E-state index contributed by atoms with van der Waals surface area (Å²) in [6.07, 6.45) is 0.215. The van der Waals surface area contributed by atoms with Crippen molar-refractivity contribution in [1.82, 2.24) is 4.90 Å². The van der Waals surface area contributed by atoms with Gasteiger partial charge in [-0.05, 0) is 26.0 Å². The number of nitrogens with zero attached hydrogens (tertiary/aromatic N) is 2. The number of para-hydroxylation sites is 1. The molecule has 2 heterocycles. The molecule has 6 heteroatoms. The van der Waals surface area contributed by atoms with Gasteiger partial charge in [0.25, 0.3) is 0 Å². The van der Waals surface area contributed by atoms with E-state index in [2.05, 4.69) is 10.2 Å². The Balaban J connectivity index is 1.74. The SMILES string of the molecule is C[C@@H]1CN(CC(=O)Nc2c(C#N)oc3ccccc23)C[C@H](C)O1. The lowest BCUT2D eigenvalue weighted by molar-refractivity contribution is -0.121. The van der Waals surface area contributed by atoms with Gasteiger partial charge in [-0.1, -0.05) is 12.1 Å². The van der Waals surface area contributed by atoms with Gasteiger partial charge in [0, 0.05) is 18.5 Å². The van der Waals surface area contributed by atoms with E-state index in [0.29, 0.717) is 11.3 Å². The summed E-state index contributed by atoms with van der Waals surface area (Å²) in [6, 6.07) is 9.27. The number of hydrogen-bond acceptors (Lipinski definition) is 5. The predicted octanol–water partition coefficient (Wildman–Crippen LogP) is 2.35. The van der Waals surface area contributed by atoms with Crippen LogP contribution in [0.5, 0.6) is 0 Å². The van der Waals surface area contributed by atoms with Crippen LogP contribution in [0.25, 0.3) is 11.0 Å². The van der Waals surface area contributed by atoms with E-state index in [1.807, 2.05) is 38.1 Å². The summed E-state index contributed by atoms with van der Waals surface area (Å²) in [7, 11) is 0. The molecule has 6 nitrogen and oxygen atoms in total. The number of hydrogen-bond donors (Lipinski definition) is 1. The topological polar surface area (TPSA) is 78.5 Å². The molecule has 2 aromatic rings. The summed E-state index contributed by atoms with van der Waals surface area (Å²) in [5, 5.41) is 12.8. The van der Waals surface area contributed by atoms with E-state index in [-0.39, 0.29) is 30.4 Å². The molecule has 23 heavy (non-hydrogen) atoms. The quantitative estimate of drug-likeness (QED) is 0.941. The zero-order valence-electron chi connectivity index (χ0n) is 13.2. The second kappa shape index (κ2) is 6.41. The van der Waals surface area contributed by atoms with Gasteiger partial charge in [-0.15, -0.1) is 0 Å². The van der Waals surface area contributed by atoms with Crippen molar-refractivity contribution in [3.05, 3.63) is 30.0 Å². The van der Waals surface area contributed by atoms with Crippen molar-refractivity contribution in [3.8, 4) is 6.07 Å². The number of ether oxygens (including phenoxy) is 1. The molecule has 1 amide bonds. The fourth-order valence-corrected chi connectivity index (χ4v) is 3.04. The lowest BCUT2D eigenvalue weighted by Gasteiger charge is -2.34. The van der Waals surface area contributed by atoms with Gasteiger partial charge >= 0.3 is 0 Å². The van der Waals surface area contributed by atoms with Crippen molar-refractivity contribution in [2.45, 2.75) is 26.1 Å². The number of anilines is 1. The van der Waals surface area contributed by atoms with Gasteiger partial charge in [0.2, 0.25) is 11.7 Å². The highest BCUT2D eigenvalue weighted by atomic mass is 16.5. The van der Waals surface area contributed by atoms with E-state index in [1.165, 1.54) is 0 Å². The van der Waals surface area contributed by atoms with Crippen molar-refractivity contribution in [1.29, 1.82) is 5.26 Å². The van der Waals surface area contributed by atoms with Crippen LogP contribution >= 0.6 is 0 Å². The maximum atomic E-state index is 12.4. The van der Waals surface area contributed by atoms with Gasteiger partial charge in [0.1, 0.15) is 17.3 Å². The molecule has 1 saturated heterocycles. The number of carbonyl (C=O) groups is 1. The van der Waals surface area contributed by atoms with Crippen LogP contribution in [0.15, 0.2) is 28.7 Å². The zero-order chi connectivity index (χ0) is 16.4. The van der Waals surface area contributed by atoms with Crippen LogP contribution in [0, 0.1) is 11.3 Å². The number of benzene rings is 1. The molecule has 2 atom stereocenters. The van der Waals surface area contributed by atoms with Gasteiger partial charge < -0.3 is 14.5 Å². The number of amides is 1. The maximum absolute atomic E-state index is 12.4. The summed E-state index contributed by atoms with van der Waals surface area (Å²) < 4.78 is 11.1. The van der Waals surface area contributed by atoms with Crippen LogP contribution in [0.3, 0.4) is 0 Å². The molecule has 0 spiro atoms. The van der Waals surface area contributed by atoms with E-state index in [4.69, 9.17) is 9.15 Å². The Hall–Kier alpha value is -2.36. The Kier molecular flexibility index (Phi) is 4.33. The first-order chi connectivity index (χ1) is 11.1. The zero-order valence-corrected chi connectivity index (χ0v) is 13.2. The largest absolute Gasteiger partial charge is 0.443 e. The normalized spacial score (nSPS) is 22.0. The van der Waals surface area contributed by atoms with Crippen LogP contribution in [-0.4, -0.2) is 42.6 Å². The second-order valence-corrected chi connectivity index (χ2v) is 5.91. The molecule has 120 valence electrons. The average molecular weight is 313 g/mol. The predicted molar refractivity (Wildman–Crippen MR) is 86.0 cm³/mol. The summed E-state index contributed by atoms with van der Waals surface area (Å²) in [4.78, 5) is 14.4. The van der Waals surface area contributed by atoms with Crippen molar-refractivity contribution < 1.29 is 13.9 Å². The van der Waals surface area contributed by atoms with E-state index in [0.717, 1.165) is 18.5 Å². The third kappa shape index (κ3) is 3.36. The Morgan fingerprint density at radius 1 is 1.35 bits per heavy atom. The van der Waals surface area contributed by atoms with Crippen LogP contribution in [0.1, 0.15) is 19.6 Å². The molecule has 0 unspecified atom stereocenters. The Morgan fingerprint density at radius 2 is 2.04 bits per heavy atom. The Bertz CT molecular complexity index is 752. The fourth-order valence-electron chi connectivity index (χ4n) is 3.04.